The van der Waals surface area contributed by atoms with Crippen LogP contribution in [0.3, 0.4) is 0 Å². The van der Waals surface area contributed by atoms with Crippen molar-refractivity contribution in [1.29, 1.82) is 0 Å². The molecular formula is C16H24N2O4S. The van der Waals surface area contributed by atoms with Gasteiger partial charge in [-0.3, -0.25) is 4.79 Å². The first kappa shape index (κ1) is 16.5. The number of carbonyl (C=O) groups excluding carboxylic acids is 1. The first-order valence-corrected chi connectivity index (χ1v) is 9.92. The predicted octanol–water partition coefficient (Wildman–Crippen LogP) is 1.79. The first-order chi connectivity index (χ1) is 10.8. The molecule has 3 rings (SSSR count). The third-order valence-electron chi connectivity index (χ3n) is 4.84. The summed E-state index contributed by atoms with van der Waals surface area (Å²) in [5, 5.41) is 0. The molecule has 0 bridgehead atoms. The lowest BCUT2D eigenvalue weighted by Crippen LogP contribution is -2.45. The minimum absolute atomic E-state index is 0.161. The van der Waals surface area contributed by atoms with Crippen molar-refractivity contribution in [2.45, 2.75) is 44.7 Å². The quantitative estimate of drug-likeness (QED) is 0.819. The SMILES string of the molecule is C[C@@H]1C[C@@H]1c1ccc(CN(C)C(=O)[C@@H]2CCCN2S(C)(=O)=O)o1. The fourth-order valence-corrected chi connectivity index (χ4v) is 4.47. The average Bonchev–Trinajstić information content (AvgIpc) is 2.93. The Morgan fingerprint density at radius 3 is 2.74 bits per heavy atom. The summed E-state index contributed by atoms with van der Waals surface area (Å²) < 4.78 is 30.7. The Labute approximate surface area is 137 Å². The minimum Gasteiger partial charge on any atom is -0.464 e. The van der Waals surface area contributed by atoms with Crippen LogP contribution < -0.4 is 0 Å². The van der Waals surface area contributed by atoms with Crippen molar-refractivity contribution >= 4 is 15.9 Å². The van der Waals surface area contributed by atoms with Crippen molar-refractivity contribution in [2.24, 2.45) is 5.92 Å². The highest BCUT2D eigenvalue weighted by Gasteiger charge is 2.38. The first-order valence-electron chi connectivity index (χ1n) is 8.08. The summed E-state index contributed by atoms with van der Waals surface area (Å²) in [4.78, 5) is 14.2. The van der Waals surface area contributed by atoms with Gasteiger partial charge in [0, 0.05) is 19.5 Å². The summed E-state index contributed by atoms with van der Waals surface area (Å²) in [6.45, 7) is 2.99. The molecule has 1 aromatic rings. The number of carbonyl (C=O) groups is 1. The third-order valence-corrected chi connectivity index (χ3v) is 6.13. The monoisotopic (exact) mass is 340 g/mol. The molecule has 0 radical (unpaired) electrons. The molecule has 1 saturated carbocycles. The van der Waals surface area contributed by atoms with Crippen LogP contribution in [0.25, 0.3) is 0 Å². The van der Waals surface area contributed by atoms with E-state index in [-0.39, 0.29) is 5.91 Å². The molecule has 6 nitrogen and oxygen atoms in total. The average molecular weight is 340 g/mol. The maximum Gasteiger partial charge on any atom is 0.241 e. The van der Waals surface area contributed by atoms with Crippen LogP contribution in [-0.2, 0) is 21.4 Å². The minimum atomic E-state index is -3.35. The van der Waals surface area contributed by atoms with Gasteiger partial charge in [-0.05, 0) is 37.3 Å². The van der Waals surface area contributed by atoms with Gasteiger partial charge in [0.2, 0.25) is 15.9 Å². The van der Waals surface area contributed by atoms with Crippen LogP contribution in [0.15, 0.2) is 16.5 Å². The number of furan rings is 1. The summed E-state index contributed by atoms with van der Waals surface area (Å²) in [6.07, 6.45) is 3.63. The Hall–Kier alpha value is -1.34. The molecule has 1 aliphatic carbocycles. The molecule has 0 aromatic carbocycles. The van der Waals surface area contributed by atoms with Crippen molar-refractivity contribution in [3.05, 3.63) is 23.7 Å². The molecule has 0 spiro atoms. The van der Waals surface area contributed by atoms with Crippen LogP contribution >= 0.6 is 0 Å². The molecule has 0 N–H and O–H groups in total. The lowest BCUT2D eigenvalue weighted by molar-refractivity contribution is -0.134. The number of rotatable bonds is 5. The Balaban J connectivity index is 1.64. The van der Waals surface area contributed by atoms with E-state index in [1.165, 1.54) is 4.31 Å². The zero-order valence-electron chi connectivity index (χ0n) is 13.9. The largest absolute Gasteiger partial charge is 0.464 e. The Morgan fingerprint density at radius 2 is 2.13 bits per heavy atom. The van der Waals surface area contributed by atoms with Crippen molar-refractivity contribution in [2.75, 3.05) is 19.8 Å². The number of amides is 1. The van der Waals surface area contributed by atoms with E-state index in [4.69, 9.17) is 4.42 Å². The van der Waals surface area contributed by atoms with E-state index in [9.17, 15) is 13.2 Å². The van der Waals surface area contributed by atoms with Gasteiger partial charge >= 0.3 is 0 Å². The molecule has 7 heteroatoms. The lowest BCUT2D eigenvalue weighted by atomic mass is 10.2. The fourth-order valence-electron chi connectivity index (χ4n) is 3.35. The smallest absolute Gasteiger partial charge is 0.241 e. The Morgan fingerprint density at radius 1 is 1.43 bits per heavy atom. The van der Waals surface area contributed by atoms with Gasteiger partial charge in [-0.25, -0.2) is 8.42 Å². The Bertz CT molecular complexity index is 697. The maximum absolute atomic E-state index is 12.6. The van der Waals surface area contributed by atoms with Crippen molar-refractivity contribution < 1.29 is 17.6 Å². The molecule has 2 fully saturated rings. The number of sulfonamides is 1. The van der Waals surface area contributed by atoms with E-state index < -0.39 is 16.1 Å². The zero-order chi connectivity index (χ0) is 16.8. The van der Waals surface area contributed by atoms with Crippen LogP contribution in [-0.4, -0.2) is 49.4 Å². The zero-order valence-corrected chi connectivity index (χ0v) is 14.7. The number of nitrogens with zero attached hydrogens (tertiary/aromatic N) is 2. The van der Waals surface area contributed by atoms with Crippen molar-refractivity contribution in [3.8, 4) is 0 Å². The van der Waals surface area contributed by atoms with Gasteiger partial charge in [0.25, 0.3) is 0 Å². The molecule has 1 saturated heterocycles. The van der Waals surface area contributed by atoms with E-state index in [1.54, 1.807) is 11.9 Å². The van der Waals surface area contributed by atoms with Gasteiger partial charge in [-0.2, -0.15) is 4.31 Å². The van der Waals surface area contributed by atoms with E-state index in [1.807, 2.05) is 12.1 Å². The molecule has 1 aromatic heterocycles. The predicted molar refractivity (Wildman–Crippen MR) is 86.3 cm³/mol. The van der Waals surface area contributed by atoms with E-state index >= 15 is 0 Å². The molecule has 0 unspecified atom stereocenters. The van der Waals surface area contributed by atoms with Gasteiger partial charge in [0.15, 0.2) is 0 Å². The Kier molecular flexibility index (Phi) is 4.27. The van der Waals surface area contributed by atoms with Crippen molar-refractivity contribution in [1.82, 2.24) is 9.21 Å². The number of hydrogen-bond acceptors (Lipinski definition) is 4. The summed E-state index contributed by atoms with van der Waals surface area (Å²) in [5.74, 6) is 2.77. The van der Waals surface area contributed by atoms with Gasteiger partial charge < -0.3 is 9.32 Å². The molecule has 1 amide bonds. The van der Waals surface area contributed by atoms with Crippen LogP contribution in [0.1, 0.15) is 43.6 Å². The van der Waals surface area contributed by atoms with E-state index in [0.717, 1.165) is 30.6 Å². The normalized spacial score (nSPS) is 28.0. The van der Waals surface area contributed by atoms with Crippen molar-refractivity contribution in [3.63, 3.8) is 0 Å². The van der Waals surface area contributed by atoms with E-state index in [0.29, 0.717) is 31.3 Å². The molecule has 23 heavy (non-hydrogen) atoms. The topological polar surface area (TPSA) is 70.8 Å². The van der Waals surface area contributed by atoms with Crippen LogP contribution in [0.2, 0.25) is 0 Å². The highest BCUT2D eigenvalue weighted by molar-refractivity contribution is 7.88. The van der Waals surface area contributed by atoms with E-state index in [2.05, 4.69) is 6.92 Å². The summed E-state index contributed by atoms with van der Waals surface area (Å²) >= 11 is 0. The van der Waals surface area contributed by atoms with Gasteiger partial charge in [0.05, 0.1) is 12.8 Å². The van der Waals surface area contributed by atoms with Gasteiger partial charge in [0.1, 0.15) is 17.6 Å². The summed E-state index contributed by atoms with van der Waals surface area (Å²) in [6, 6.07) is 3.32. The molecule has 128 valence electrons. The van der Waals surface area contributed by atoms with Crippen LogP contribution in [0, 0.1) is 5.92 Å². The summed E-state index contributed by atoms with van der Waals surface area (Å²) in [7, 11) is -1.65. The van der Waals surface area contributed by atoms with Gasteiger partial charge in [-0.15, -0.1) is 0 Å². The van der Waals surface area contributed by atoms with Gasteiger partial charge in [-0.1, -0.05) is 6.92 Å². The maximum atomic E-state index is 12.6. The van der Waals surface area contributed by atoms with Crippen LogP contribution in [0.5, 0.6) is 0 Å². The second kappa shape index (κ2) is 5.94. The summed E-state index contributed by atoms with van der Waals surface area (Å²) in [5.41, 5.74) is 0. The lowest BCUT2D eigenvalue weighted by Gasteiger charge is -2.25. The second-order valence-electron chi connectivity index (χ2n) is 6.85. The fraction of sp³-hybridized carbons (Fsp3) is 0.688. The standard InChI is InChI=1S/C16H24N2O4S/c1-11-9-13(11)15-7-6-12(22-15)10-17(2)16(19)14-5-4-8-18(14)23(3,20)21/h6-7,11,13-14H,4-5,8-10H2,1-3H3/t11-,13+,14+/m1/s1. The number of likely N-dealkylation sites (N-methyl/N-ethyl adjacent to an activating group) is 1. The highest BCUT2D eigenvalue weighted by atomic mass is 32.2. The molecule has 2 aliphatic rings. The number of hydrogen-bond donors (Lipinski definition) is 0. The molecule has 3 atom stereocenters. The molecule has 1 aliphatic heterocycles. The molecular weight excluding hydrogens is 316 g/mol. The van der Waals surface area contributed by atoms with Crippen LogP contribution in [0.4, 0.5) is 0 Å². The second-order valence-corrected chi connectivity index (χ2v) is 8.78. The molecule has 2 heterocycles. The highest BCUT2D eigenvalue weighted by Crippen LogP contribution is 2.47. The third kappa shape index (κ3) is 3.45.